The van der Waals surface area contributed by atoms with Crippen molar-refractivity contribution >= 4 is 11.3 Å². The maximum atomic E-state index is 4.48. The van der Waals surface area contributed by atoms with Gasteiger partial charge in [0, 0.05) is 5.38 Å². The highest BCUT2D eigenvalue weighted by molar-refractivity contribution is 7.07. The van der Waals surface area contributed by atoms with Gasteiger partial charge in [-0.3, -0.25) is 0 Å². The first kappa shape index (κ1) is 10.1. The molecule has 3 heteroatoms. The van der Waals surface area contributed by atoms with E-state index in [2.05, 4.69) is 29.5 Å². The highest BCUT2D eigenvalue weighted by Crippen LogP contribution is 2.36. The van der Waals surface area contributed by atoms with Crippen LogP contribution >= 0.6 is 11.3 Å². The van der Waals surface area contributed by atoms with Gasteiger partial charge in [0.2, 0.25) is 0 Å². The van der Waals surface area contributed by atoms with Gasteiger partial charge in [-0.25, -0.2) is 4.98 Å². The van der Waals surface area contributed by atoms with Gasteiger partial charge >= 0.3 is 0 Å². The Labute approximate surface area is 89.8 Å². The largest absolute Gasteiger partial charge is 0.306 e. The van der Waals surface area contributed by atoms with Crippen LogP contribution in [0.2, 0.25) is 0 Å². The Hall–Kier alpha value is -0.410. The molecule has 0 amide bonds. The Bertz CT molecular complexity index is 273. The van der Waals surface area contributed by atoms with Gasteiger partial charge < -0.3 is 5.32 Å². The van der Waals surface area contributed by atoms with E-state index in [0.717, 1.165) is 12.5 Å². The Balaban J connectivity index is 2.22. The normalized spacial score (nSPS) is 27.4. The molecular weight excluding hydrogens is 192 g/mol. The van der Waals surface area contributed by atoms with Crippen molar-refractivity contribution in [1.82, 2.24) is 10.3 Å². The lowest BCUT2D eigenvalue weighted by atomic mass is 9.85. The Morgan fingerprint density at radius 3 is 3.00 bits per heavy atom. The van der Waals surface area contributed by atoms with E-state index in [1.54, 1.807) is 11.3 Å². The smallest absolute Gasteiger partial charge is 0.0795 e. The van der Waals surface area contributed by atoms with Gasteiger partial charge in [-0.05, 0) is 31.7 Å². The van der Waals surface area contributed by atoms with Gasteiger partial charge in [-0.15, -0.1) is 11.3 Å². The fourth-order valence-electron chi connectivity index (χ4n) is 2.45. The molecule has 0 radical (unpaired) electrons. The molecule has 1 aliphatic heterocycles. The molecule has 14 heavy (non-hydrogen) atoms. The molecule has 2 nitrogen and oxygen atoms in total. The van der Waals surface area contributed by atoms with E-state index in [-0.39, 0.29) is 5.54 Å². The van der Waals surface area contributed by atoms with Gasteiger partial charge in [0.05, 0.1) is 16.7 Å². The second kappa shape index (κ2) is 3.99. The van der Waals surface area contributed by atoms with Crippen molar-refractivity contribution in [3.8, 4) is 0 Å². The molecule has 2 heterocycles. The van der Waals surface area contributed by atoms with Gasteiger partial charge in [0.25, 0.3) is 0 Å². The minimum absolute atomic E-state index is 0.189. The Morgan fingerprint density at radius 1 is 1.64 bits per heavy atom. The van der Waals surface area contributed by atoms with Crippen LogP contribution in [0.25, 0.3) is 0 Å². The first-order valence-corrected chi connectivity index (χ1v) is 6.31. The number of aromatic nitrogens is 1. The molecule has 1 unspecified atom stereocenters. The summed E-state index contributed by atoms with van der Waals surface area (Å²) in [5, 5.41) is 5.84. The number of nitrogens with one attached hydrogen (secondary N) is 1. The highest BCUT2D eigenvalue weighted by atomic mass is 32.1. The predicted molar refractivity (Wildman–Crippen MR) is 60.5 cm³/mol. The maximum Gasteiger partial charge on any atom is 0.0795 e. The zero-order chi connectivity index (χ0) is 10.0. The van der Waals surface area contributed by atoms with Crippen LogP contribution in [0.4, 0.5) is 0 Å². The molecule has 2 rings (SSSR count). The van der Waals surface area contributed by atoms with Crippen LogP contribution in [0, 0.1) is 5.92 Å². The zero-order valence-electron chi connectivity index (χ0n) is 8.92. The molecule has 0 aliphatic carbocycles. The standard InChI is InChI=1S/C11H18N2S/c1-9(2)6-11(4-3-5-13-11)10-7-14-8-12-10/h7-9,13H,3-6H2,1-2H3. The number of hydrogen-bond acceptors (Lipinski definition) is 3. The lowest BCUT2D eigenvalue weighted by molar-refractivity contribution is 0.304. The van der Waals surface area contributed by atoms with Crippen molar-refractivity contribution in [1.29, 1.82) is 0 Å². The minimum atomic E-state index is 0.189. The van der Waals surface area contributed by atoms with Crippen molar-refractivity contribution in [2.75, 3.05) is 6.54 Å². The first-order valence-electron chi connectivity index (χ1n) is 5.37. The van der Waals surface area contributed by atoms with Crippen LogP contribution in [0.1, 0.15) is 38.8 Å². The maximum absolute atomic E-state index is 4.48. The molecule has 1 saturated heterocycles. The van der Waals surface area contributed by atoms with Crippen LogP contribution in [0.5, 0.6) is 0 Å². The van der Waals surface area contributed by atoms with Crippen LogP contribution in [-0.2, 0) is 5.54 Å². The molecule has 0 aromatic carbocycles. The molecule has 0 saturated carbocycles. The number of nitrogens with zero attached hydrogens (tertiary/aromatic N) is 1. The number of hydrogen-bond donors (Lipinski definition) is 1. The van der Waals surface area contributed by atoms with E-state index in [1.165, 1.54) is 25.0 Å². The molecule has 0 bridgehead atoms. The third-order valence-corrected chi connectivity index (χ3v) is 3.51. The molecule has 1 aromatic heterocycles. The molecule has 0 spiro atoms. The second-order valence-corrected chi connectivity index (χ2v) is 5.30. The summed E-state index contributed by atoms with van der Waals surface area (Å²) in [5.41, 5.74) is 3.39. The van der Waals surface area contributed by atoms with Gasteiger partial charge in [-0.1, -0.05) is 13.8 Å². The van der Waals surface area contributed by atoms with E-state index in [9.17, 15) is 0 Å². The molecule has 78 valence electrons. The first-order chi connectivity index (χ1) is 6.73. The van der Waals surface area contributed by atoms with Crippen molar-refractivity contribution in [3.05, 3.63) is 16.6 Å². The Kier molecular flexibility index (Phi) is 2.88. The van der Waals surface area contributed by atoms with Crippen molar-refractivity contribution < 1.29 is 0 Å². The summed E-state index contributed by atoms with van der Waals surface area (Å²) >= 11 is 1.70. The van der Waals surface area contributed by atoms with Crippen LogP contribution in [0.15, 0.2) is 10.9 Å². The Morgan fingerprint density at radius 2 is 2.50 bits per heavy atom. The summed E-state index contributed by atoms with van der Waals surface area (Å²) < 4.78 is 0. The predicted octanol–water partition coefficient (Wildman–Crippen LogP) is 2.77. The third kappa shape index (κ3) is 1.84. The monoisotopic (exact) mass is 210 g/mol. The van der Waals surface area contributed by atoms with Crippen LogP contribution < -0.4 is 5.32 Å². The van der Waals surface area contributed by atoms with Crippen molar-refractivity contribution in [3.63, 3.8) is 0 Å². The van der Waals surface area contributed by atoms with Gasteiger partial charge in [-0.2, -0.15) is 0 Å². The molecular formula is C11H18N2S. The van der Waals surface area contributed by atoms with E-state index >= 15 is 0 Å². The average molecular weight is 210 g/mol. The molecule has 1 aromatic rings. The topological polar surface area (TPSA) is 24.9 Å². The van der Waals surface area contributed by atoms with Gasteiger partial charge in [0.1, 0.15) is 0 Å². The molecule has 1 atom stereocenters. The van der Waals surface area contributed by atoms with E-state index < -0.39 is 0 Å². The summed E-state index contributed by atoms with van der Waals surface area (Å²) in [6, 6.07) is 0. The second-order valence-electron chi connectivity index (χ2n) is 4.58. The van der Waals surface area contributed by atoms with Crippen molar-refractivity contribution in [2.24, 2.45) is 5.92 Å². The number of thiazole rings is 1. The lowest BCUT2D eigenvalue weighted by Gasteiger charge is -2.29. The number of rotatable bonds is 3. The molecule has 1 N–H and O–H groups in total. The average Bonchev–Trinajstić information content (AvgIpc) is 2.69. The van der Waals surface area contributed by atoms with Crippen molar-refractivity contribution in [2.45, 2.75) is 38.6 Å². The fraction of sp³-hybridized carbons (Fsp3) is 0.727. The quantitative estimate of drug-likeness (QED) is 0.830. The van der Waals surface area contributed by atoms with Crippen LogP contribution in [-0.4, -0.2) is 11.5 Å². The SMILES string of the molecule is CC(C)CC1(c2cscn2)CCCN1. The summed E-state index contributed by atoms with van der Waals surface area (Å²) in [6.07, 6.45) is 3.73. The van der Waals surface area contributed by atoms with Gasteiger partial charge in [0.15, 0.2) is 0 Å². The van der Waals surface area contributed by atoms with E-state index in [4.69, 9.17) is 0 Å². The highest BCUT2D eigenvalue weighted by Gasteiger charge is 2.37. The van der Waals surface area contributed by atoms with E-state index in [0.29, 0.717) is 0 Å². The molecule has 1 fully saturated rings. The zero-order valence-corrected chi connectivity index (χ0v) is 9.73. The lowest BCUT2D eigenvalue weighted by Crippen LogP contribution is -2.38. The van der Waals surface area contributed by atoms with Crippen LogP contribution in [0.3, 0.4) is 0 Å². The summed E-state index contributed by atoms with van der Waals surface area (Å²) in [4.78, 5) is 4.48. The summed E-state index contributed by atoms with van der Waals surface area (Å²) in [6.45, 7) is 5.71. The summed E-state index contributed by atoms with van der Waals surface area (Å²) in [7, 11) is 0. The minimum Gasteiger partial charge on any atom is -0.306 e. The fourth-order valence-corrected chi connectivity index (χ4v) is 3.10. The molecule has 1 aliphatic rings. The third-order valence-electron chi connectivity index (χ3n) is 2.92. The summed E-state index contributed by atoms with van der Waals surface area (Å²) in [5.74, 6) is 0.724. The van der Waals surface area contributed by atoms with E-state index in [1.807, 2.05) is 5.51 Å².